The van der Waals surface area contributed by atoms with Crippen LogP contribution in [0, 0.1) is 11.3 Å². The van der Waals surface area contributed by atoms with Crippen molar-refractivity contribution in [3.63, 3.8) is 0 Å². The molecule has 0 fully saturated rings. The van der Waals surface area contributed by atoms with Gasteiger partial charge in [0, 0.05) is 12.6 Å². The highest BCUT2D eigenvalue weighted by atomic mass is 16.5. The predicted octanol–water partition coefficient (Wildman–Crippen LogP) is 4.61. The maximum Gasteiger partial charge on any atom is 0.230 e. The van der Waals surface area contributed by atoms with E-state index in [1.54, 1.807) is 18.3 Å². The lowest BCUT2D eigenvalue weighted by atomic mass is 10.0. The monoisotopic (exact) mass is 371 g/mol. The molecule has 0 bridgehead atoms. The lowest BCUT2D eigenvalue weighted by Crippen LogP contribution is -2.16. The Morgan fingerprint density at radius 1 is 1.00 bits per heavy atom. The van der Waals surface area contributed by atoms with Crippen LogP contribution in [0.4, 0.5) is 5.82 Å². The molecule has 1 heterocycles. The predicted molar refractivity (Wildman–Crippen MR) is 109 cm³/mol. The van der Waals surface area contributed by atoms with Crippen molar-refractivity contribution >= 4 is 11.7 Å². The first-order chi connectivity index (χ1) is 13.8. The van der Waals surface area contributed by atoms with E-state index in [1.807, 2.05) is 42.5 Å². The summed E-state index contributed by atoms with van der Waals surface area (Å²) in [5.74, 6) is 0.742. The number of aromatic nitrogens is 1. The molecular formula is C23H21N3O2. The standard InChI is InChI=1S/C23H21N3O2/c24-14-4-5-16-28-21-9-6-15-25-23(21)26-22(27)17-18-10-12-20(13-11-18)19-7-2-1-3-8-19/h1-3,6-13,15H,4-5,16-17H2,(H,25,26,27). The van der Waals surface area contributed by atoms with Crippen molar-refractivity contribution < 1.29 is 9.53 Å². The summed E-state index contributed by atoms with van der Waals surface area (Å²) in [6.07, 6.45) is 2.92. The number of benzene rings is 2. The Bertz CT molecular complexity index is 948. The third-order valence-electron chi connectivity index (χ3n) is 4.14. The fourth-order valence-electron chi connectivity index (χ4n) is 2.74. The zero-order chi connectivity index (χ0) is 19.6. The summed E-state index contributed by atoms with van der Waals surface area (Å²) in [5, 5.41) is 11.4. The Morgan fingerprint density at radius 3 is 2.50 bits per heavy atom. The number of amides is 1. The average molecular weight is 371 g/mol. The van der Waals surface area contributed by atoms with E-state index in [0.29, 0.717) is 31.0 Å². The smallest absolute Gasteiger partial charge is 0.230 e. The quantitative estimate of drug-likeness (QED) is 0.587. The van der Waals surface area contributed by atoms with Crippen LogP contribution < -0.4 is 10.1 Å². The number of nitrogens with one attached hydrogen (secondary N) is 1. The van der Waals surface area contributed by atoms with E-state index in [4.69, 9.17) is 10.00 Å². The van der Waals surface area contributed by atoms with Gasteiger partial charge in [0.25, 0.3) is 0 Å². The van der Waals surface area contributed by atoms with Crippen LogP contribution in [0.2, 0.25) is 0 Å². The van der Waals surface area contributed by atoms with Crippen molar-refractivity contribution in [3.8, 4) is 22.9 Å². The summed E-state index contributed by atoms with van der Waals surface area (Å²) in [7, 11) is 0. The Labute approximate surface area is 164 Å². The van der Waals surface area contributed by atoms with Gasteiger partial charge in [-0.2, -0.15) is 5.26 Å². The second kappa shape index (κ2) is 9.89. The molecule has 2 aromatic carbocycles. The van der Waals surface area contributed by atoms with E-state index >= 15 is 0 Å². The zero-order valence-electron chi connectivity index (χ0n) is 15.5. The normalized spacial score (nSPS) is 10.1. The molecule has 0 aliphatic rings. The maximum absolute atomic E-state index is 12.4. The molecule has 1 aromatic heterocycles. The molecule has 5 heteroatoms. The number of unbranched alkanes of at least 4 members (excludes halogenated alkanes) is 1. The molecule has 0 aliphatic carbocycles. The van der Waals surface area contributed by atoms with Crippen molar-refractivity contribution in [2.24, 2.45) is 0 Å². The van der Waals surface area contributed by atoms with Gasteiger partial charge in [-0.25, -0.2) is 4.98 Å². The lowest BCUT2D eigenvalue weighted by molar-refractivity contribution is -0.115. The Balaban J connectivity index is 1.59. The third-order valence-corrected chi connectivity index (χ3v) is 4.14. The molecule has 0 saturated carbocycles. The molecule has 28 heavy (non-hydrogen) atoms. The van der Waals surface area contributed by atoms with Crippen molar-refractivity contribution in [2.45, 2.75) is 19.3 Å². The molecule has 5 nitrogen and oxygen atoms in total. The number of nitriles is 1. The molecule has 0 spiro atoms. The van der Waals surface area contributed by atoms with E-state index in [2.05, 4.69) is 28.5 Å². The van der Waals surface area contributed by atoms with Crippen LogP contribution in [0.1, 0.15) is 18.4 Å². The second-order valence-corrected chi connectivity index (χ2v) is 6.25. The topological polar surface area (TPSA) is 75.0 Å². The molecule has 0 unspecified atom stereocenters. The number of ether oxygens (including phenoxy) is 1. The number of rotatable bonds is 8. The SMILES string of the molecule is N#CCCCOc1cccnc1NC(=O)Cc1ccc(-c2ccccc2)cc1. The van der Waals surface area contributed by atoms with Gasteiger partial charge in [0.1, 0.15) is 0 Å². The van der Waals surface area contributed by atoms with E-state index in [9.17, 15) is 4.79 Å². The number of pyridine rings is 1. The summed E-state index contributed by atoms with van der Waals surface area (Å²) in [6.45, 7) is 0.406. The largest absolute Gasteiger partial charge is 0.490 e. The van der Waals surface area contributed by atoms with Crippen molar-refractivity contribution in [2.75, 3.05) is 11.9 Å². The minimum Gasteiger partial charge on any atom is -0.490 e. The van der Waals surface area contributed by atoms with Crippen LogP contribution in [0.15, 0.2) is 72.9 Å². The first-order valence-electron chi connectivity index (χ1n) is 9.15. The molecule has 1 amide bonds. The number of nitrogens with zero attached hydrogens (tertiary/aromatic N) is 2. The van der Waals surface area contributed by atoms with Gasteiger partial charge in [-0.15, -0.1) is 0 Å². The first kappa shape index (κ1) is 19.1. The Morgan fingerprint density at radius 2 is 1.75 bits per heavy atom. The molecule has 0 atom stereocenters. The molecule has 0 radical (unpaired) electrons. The summed E-state index contributed by atoms with van der Waals surface area (Å²) in [4.78, 5) is 16.6. The summed E-state index contributed by atoms with van der Waals surface area (Å²) in [6, 6.07) is 23.6. The number of carbonyl (C=O) groups excluding carboxylic acids is 1. The van der Waals surface area contributed by atoms with Gasteiger partial charge in [-0.1, -0.05) is 54.6 Å². The van der Waals surface area contributed by atoms with Gasteiger partial charge in [0.2, 0.25) is 5.91 Å². The molecule has 1 N–H and O–H groups in total. The molecule has 0 saturated heterocycles. The van der Waals surface area contributed by atoms with Crippen LogP contribution in [0.3, 0.4) is 0 Å². The van der Waals surface area contributed by atoms with Gasteiger partial charge in [0.05, 0.1) is 19.1 Å². The fourth-order valence-corrected chi connectivity index (χ4v) is 2.74. The van der Waals surface area contributed by atoms with Gasteiger partial charge >= 0.3 is 0 Å². The van der Waals surface area contributed by atoms with Gasteiger partial charge in [-0.05, 0) is 35.2 Å². The van der Waals surface area contributed by atoms with Crippen LogP contribution in [-0.4, -0.2) is 17.5 Å². The molecule has 140 valence electrons. The first-order valence-corrected chi connectivity index (χ1v) is 9.15. The molecule has 3 rings (SSSR count). The van der Waals surface area contributed by atoms with E-state index < -0.39 is 0 Å². The minimum absolute atomic E-state index is 0.159. The number of hydrogen-bond acceptors (Lipinski definition) is 4. The zero-order valence-corrected chi connectivity index (χ0v) is 15.5. The van der Waals surface area contributed by atoms with Crippen LogP contribution in [0.5, 0.6) is 5.75 Å². The minimum atomic E-state index is -0.159. The lowest BCUT2D eigenvalue weighted by Gasteiger charge is -2.11. The van der Waals surface area contributed by atoms with E-state index in [-0.39, 0.29) is 12.3 Å². The highest BCUT2D eigenvalue weighted by Crippen LogP contribution is 2.22. The highest BCUT2D eigenvalue weighted by molar-refractivity contribution is 5.92. The van der Waals surface area contributed by atoms with Gasteiger partial charge in [0.15, 0.2) is 11.6 Å². The molecular weight excluding hydrogens is 350 g/mol. The van der Waals surface area contributed by atoms with Crippen LogP contribution in [-0.2, 0) is 11.2 Å². The van der Waals surface area contributed by atoms with E-state index in [1.165, 1.54) is 0 Å². The Hall–Kier alpha value is -3.65. The number of anilines is 1. The van der Waals surface area contributed by atoms with E-state index in [0.717, 1.165) is 16.7 Å². The third kappa shape index (κ3) is 5.42. The second-order valence-electron chi connectivity index (χ2n) is 6.25. The average Bonchev–Trinajstić information content (AvgIpc) is 2.73. The van der Waals surface area contributed by atoms with Crippen molar-refractivity contribution in [1.29, 1.82) is 5.26 Å². The summed E-state index contributed by atoms with van der Waals surface area (Å²) < 4.78 is 5.63. The highest BCUT2D eigenvalue weighted by Gasteiger charge is 2.10. The van der Waals surface area contributed by atoms with Crippen molar-refractivity contribution in [3.05, 3.63) is 78.5 Å². The maximum atomic E-state index is 12.4. The van der Waals surface area contributed by atoms with Crippen LogP contribution >= 0.6 is 0 Å². The number of carbonyl (C=O) groups is 1. The molecule has 0 aliphatic heterocycles. The van der Waals surface area contributed by atoms with Gasteiger partial charge < -0.3 is 10.1 Å². The summed E-state index contributed by atoms with van der Waals surface area (Å²) in [5.41, 5.74) is 3.18. The fraction of sp³-hybridized carbons (Fsp3) is 0.174. The number of hydrogen-bond donors (Lipinski definition) is 1. The summed E-state index contributed by atoms with van der Waals surface area (Å²) >= 11 is 0. The van der Waals surface area contributed by atoms with Gasteiger partial charge in [-0.3, -0.25) is 4.79 Å². The molecule has 3 aromatic rings. The van der Waals surface area contributed by atoms with Crippen LogP contribution in [0.25, 0.3) is 11.1 Å². The van der Waals surface area contributed by atoms with Crippen molar-refractivity contribution in [1.82, 2.24) is 4.98 Å². The Kier molecular flexibility index (Phi) is 6.75.